The first-order chi connectivity index (χ1) is 12.2. The van der Waals surface area contributed by atoms with Crippen LogP contribution in [0.4, 0.5) is 0 Å². The van der Waals surface area contributed by atoms with E-state index in [2.05, 4.69) is 28.9 Å². The highest BCUT2D eigenvalue weighted by atomic mass is 35.5. The molecule has 4 nitrogen and oxygen atoms in total. The van der Waals surface area contributed by atoms with Gasteiger partial charge >= 0.3 is 0 Å². The molecular formula is C19H16ClN3OS. The van der Waals surface area contributed by atoms with Crippen LogP contribution >= 0.6 is 22.9 Å². The summed E-state index contributed by atoms with van der Waals surface area (Å²) >= 11 is 7.83. The Labute approximate surface area is 154 Å². The fourth-order valence-corrected chi connectivity index (χ4v) is 4.77. The predicted octanol–water partition coefficient (Wildman–Crippen LogP) is 4.45. The smallest absolute Gasteiger partial charge is 0.246 e. The number of rotatable bonds is 3. The molecule has 0 fully saturated rings. The van der Waals surface area contributed by atoms with E-state index in [9.17, 15) is 4.79 Å². The number of hydrogen-bond donors (Lipinski definition) is 1. The Kier molecular flexibility index (Phi) is 4.19. The Morgan fingerprint density at radius 2 is 2.24 bits per heavy atom. The summed E-state index contributed by atoms with van der Waals surface area (Å²) in [6.45, 7) is 4.82. The van der Waals surface area contributed by atoms with Gasteiger partial charge in [-0.2, -0.15) is 5.10 Å². The van der Waals surface area contributed by atoms with Crippen molar-refractivity contribution >= 4 is 28.8 Å². The molecule has 0 saturated heterocycles. The Morgan fingerprint density at radius 1 is 1.40 bits per heavy atom. The number of benzene rings is 1. The molecule has 25 heavy (non-hydrogen) atoms. The number of nitrogens with zero attached hydrogens (tertiary/aromatic N) is 2. The first kappa shape index (κ1) is 16.1. The van der Waals surface area contributed by atoms with E-state index in [1.165, 1.54) is 17.2 Å². The van der Waals surface area contributed by atoms with Crippen LogP contribution in [0.5, 0.6) is 0 Å². The third kappa shape index (κ3) is 2.90. The zero-order chi connectivity index (χ0) is 17.4. The van der Waals surface area contributed by atoms with Crippen LogP contribution in [0.25, 0.3) is 11.1 Å². The van der Waals surface area contributed by atoms with Gasteiger partial charge in [0.1, 0.15) is 0 Å². The molecule has 1 aliphatic heterocycles. The van der Waals surface area contributed by atoms with Crippen molar-refractivity contribution in [2.24, 2.45) is 0 Å². The Hall–Kier alpha value is -2.37. The number of carbonyl (C=O) groups is 1. The molecule has 126 valence electrons. The van der Waals surface area contributed by atoms with Gasteiger partial charge in [0.2, 0.25) is 5.91 Å². The molecule has 0 saturated carbocycles. The predicted molar refractivity (Wildman–Crippen MR) is 101 cm³/mol. The molecule has 3 aromatic rings. The molecule has 0 spiro atoms. The summed E-state index contributed by atoms with van der Waals surface area (Å²) in [4.78, 5) is 15.2. The average molecular weight is 370 g/mol. The lowest BCUT2D eigenvalue weighted by Gasteiger charge is -2.33. The maximum Gasteiger partial charge on any atom is 0.246 e. The van der Waals surface area contributed by atoms with Crippen molar-refractivity contribution < 1.29 is 4.79 Å². The molecule has 1 amide bonds. The van der Waals surface area contributed by atoms with Gasteiger partial charge in [-0.3, -0.25) is 9.89 Å². The Bertz CT molecular complexity index is 932. The zero-order valence-corrected chi connectivity index (χ0v) is 15.0. The number of fused-ring (bicyclic) bond motifs is 1. The van der Waals surface area contributed by atoms with Crippen molar-refractivity contribution in [1.29, 1.82) is 0 Å². The lowest BCUT2D eigenvalue weighted by atomic mass is 9.84. The monoisotopic (exact) mass is 369 g/mol. The molecule has 1 N–H and O–H groups in total. The molecule has 1 aromatic carbocycles. The van der Waals surface area contributed by atoms with Crippen molar-refractivity contribution in [3.63, 3.8) is 0 Å². The SMILES string of the molecule is C=CC(=O)N1Cc2sc(Cl)cc2C(c2ccccc2-c2cn[nH]c2)C1. The summed E-state index contributed by atoms with van der Waals surface area (Å²) in [6, 6.07) is 10.3. The summed E-state index contributed by atoms with van der Waals surface area (Å²) in [5, 5.41) is 6.94. The third-order valence-electron chi connectivity index (χ3n) is 4.56. The van der Waals surface area contributed by atoms with Gasteiger partial charge in [0, 0.05) is 29.1 Å². The average Bonchev–Trinajstić information content (AvgIpc) is 3.28. The fraction of sp³-hybridized carbons (Fsp3) is 0.158. The molecule has 4 rings (SSSR count). The number of amides is 1. The van der Waals surface area contributed by atoms with E-state index >= 15 is 0 Å². The van der Waals surface area contributed by atoms with Gasteiger partial charge in [0.15, 0.2) is 0 Å². The van der Waals surface area contributed by atoms with Gasteiger partial charge in [-0.15, -0.1) is 11.3 Å². The molecule has 1 atom stereocenters. The highest BCUT2D eigenvalue weighted by Gasteiger charge is 2.31. The van der Waals surface area contributed by atoms with E-state index in [0.717, 1.165) is 20.3 Å². The number of thiophene rings is 1. The molecular weight excluding hydrogens is 354 g/mol. The molecule has 1 unspecified atom stereocenters. The number of aromatic amines is 1. The maximum atomic E-state index is 12.2. The first-order valence-corrected chi connectivity index (χ1v) is 9.14. The quantitative estimate of drug-likeness (QED) is 0.693. The van der Waals surface area contributed by atoms with E-state index in [0.29, 0.717) is 13.1 Å². The largest absolute Gasteiger partial charge is 0.333 e. The van der Waals surface area contributed by atoms with Crippen LogP contribution in [0.15, 0.2) is 55.4 Å². The fourth-order valence-electron chi connectivity index (χ4n) is 3.41. The molecule has 1 aliphatic rings. The number of H-pyrrole nitrogens is 1. The van der Waals surface area contributed by atoms with Gasteiger partial charge in [-0.25, -0.2) is 0 Å². The van der Waals surface area contributed by atoms with E-state index in [1.54, 1.807) is 11.3 Å². The van der Waals surface area contributed by atoms with E-state index in [1.807, 2.05) is 35.5 Å². The zero-order valence-electron chi connectivity index (χ0n) is 13.4. The standard InChI is InChI=1S/C19H16ClN3OS/c1-2-19(24)23-10-16(15-7-18(20)25-17(15)11-23)14-6-4-3-5-13(14)12-8-21-22-9-12/h2-9,16H,1,10-11H2,(H,21,22). The Morgan fingerprint density at radius 3 is 3.00 bits per heavy atom. The first-order valence-electron chi connectivity index (χ1n) is 7.95. The Balaban J connectivity index is 1.84. The number of nitrogens with one attached hydrogen (secondary N) is 1. The molecule has 0 aliphatic carbocycles. The van der Waals surface area contributed by atoms with Crippen molar-refractivity contribution in [2.45, 2.75) is 12.5 Å². The molecule has 6 heteroatoms. The van der Waals surface area contributed by atoms with Gasteiger partial charge in [0.25, 0.3) is 0 Å². The lowest BCUT2D eigenvalue weighted by Crippen LogP contribution is -2.37. The topological polar surface area (TPSA) is 49.0 Å². The number of aromatic nitrogens is 2. The minimum atomic E-state index is -0.0547. The minimum Gasteiger partial charge on any atom is -0.333 e. The van der Waals surface area contributed by atoms with Gasteiger partial charge in [0.05, 0.1) is 17.1 Å². The summed E-state index contributed by atoms with van der Waals surface area (Å²) in [5.41, 5.74) is 4.52. The van der Waals surface area contributed by atoms with Gasteiger partial charge < -0.3 is 4.90 Å². The molecule has 3 heterocycles. The second kappa shape index (κ2) is 6.50. The van der Waals surface area contributed by atoms with Gasteiger partial charge in [-0.05, 0) is 28.8 Å². The molecule has 0 radical (unpaired) electrons. The van der Waals surface area contributed by atoms with Crippen molar-refractivity contribution in [3.8, 4) is 11.1 Å². The highest BCUT2D eigenvalue weighted by molar-refractivity contribution is 7.16. The van der Waals surface area contributed by atoms with Crippen molar-refractivity contribution in [1.82, 2.24) is 15.1 Å². The van der Waals surface area contributed by atoms with E-state index < -0.39 is 0 Å². The summed E-state index contributed by atoms with van der Waals surface area (Å²) < 4.78 is 0.753. The number of halogens is 1. The van der Waals surface area contributed by atoms with E-state index in [4.69, 9.17) is 11.6 Å². The second-order valence-electron chi connectivity index (χ2n) is 5.98. The summed E-state index contributed by atoms with van der Waals surface area (Å²) in [7, 11) is 0. The summed E-state index contributed by atoms with van der Waals surface area (Å²) in [6.07, 6.45) is 5.07. The highest BCUT2D eigenvalue weighted by Crippen LogP contribution is 2.42. The molecule has 2 aromatic heterocycles. The minimum absolute atomic E-state index is 0.0547. The lowest BCUT2D eigenvalue weighted by molar-refractivity contribution is -0.127. The normalized spacial score (nSPS) is 16.5. The van der Waals surface area contributed by atoms with Crippen LogP contribution < -0.4 is 0 Å². The summed E-state index contributed by atoms with van der Waals surface area (Å²) in [5.74, 6) is 0.0171. The van der Waals surface area contributed by atoms with Gasteiger partial charge in [-0.1, -0.05) is 42.4 Å². The van der Waals surface area contributed by atoms with Crippen LogP contribution in [0.2, 0.25) is 4.34 Å². The second-order valence-corrected chi connectivity index (χ2v) is 7.75. The van der Waals surface area contributed by atoms with Crippen molar-refractivity contribution in [2.75, 3.05) is 6.54 Å². The molecule has 0 bridgehead atoms. The van der Waals surface area contributed by atoms with E-state index in [-0.39, 0.29) is 11.8 Å². The van der Waals surface area contributed by atoms with Crippen molar-refractivity contribution in [3.05, 3.63) is 75.7 Å². The van der Waals surface area contributed by atoms with Crippen LogP contribution in [0, 0.1) is 0 Å². The maximum absolute atomic E-state index is 12.2. The third-order valence-corrected chi connectivity index (χ3v) is 5.82. The van der Waals surface area contributed by atoms with Crippen LogP contribution in [0.1, 0.15) is 21.9 Å². The van der Waals surface area contributed by atoms with Crippen LogP contribution in [-0.4, -0.2) is 27.5 Å². The number of carbonyl (C=O) groups excluding carboxylic acids is 1. The number of hydrogen-bond acceptors (Lipinski definition) is 3. The van der Waals surface area contributed by atoms with Crippen LogP contribution in [-0.2, 0) is 11.3 Å². The van der Waals surface area contributed by atoms with Crippen LogP contribution in [0.3, 0.4) is 0 Å².